The van der Waals surface area contributed by atoms with Gasteiger partial charge in [0.2, 0.25) is 0 Å². The number of benzene rings is 1. The minimum absolute atomic E-state index is 0.249. The van der Waals surface area contributed by atoms with Crippen molar-refractivity contribution in [2.45, 2.75) is 169 Å². The summed E-state index contributed by atoms with van der Waals surface area (Å²) >= 11 is 0. The maximum absolute atomic E-state index is 6.34. The van der Waals surface area contributed by atoms with E-state index < -0.39 is 16.4 Å². The molecule has 0 N–H and O–H groups in total. The molecule has 2 aliphatic rings. The molecule has 0 unspecified atom stereocenters. The van der Waals surface area contributed by atoms with E-state index in [1.54, 1.807) is 16.3 Å². The van der Waals surface area contributed by atoms with Gasteiger partial charge in [-0.1, -0.05) is 104 Å². The van der Waals surface area contributed by atoms with E-state index in [9.17, 15) is 0 Å². The molecule has 0 fully saturated rings. The molecule has 1 aromatic carbocycles. The Bertz CT molecular complexity index is 1460. The van der Waals surface area contributed by atoms with E-state index in [4.69, 9.17) is 9.16 Å². The topological polar surface area (TPSA) is 18.5 Å². The Morgan fingerprint density at radius 1 is 0.646 bits per heavy atom. The Labute approximate surface area is 298 Å². The van der Waals surface area contributed by atoms with E-state index in [1.165, 1.54) is 36.1 Å². The molecule has 0 radical (unpaired) electrons. The average Bonchev–Trinajstić information content (AvgIpc) is 3.68. The minimum atomic E-state index is -1.70. The van der Waals surface area contributed by atoms with Crippen molar-refractivity contribution in [3.63, 3.8) is 0 Å². The molecule has 0 amide bonds. The third-order valence-corrected chi connectivity index (χ3v) is 20.3. The summed E-state index contributed by atoms with van der Waals surface area (Å²) in [4.78, 5) is 0. The molecular formula is C44H64O2Si2. The lowest BCUT2D eigenvalue weighted by Gasteiger charge is -2.39. The lowest BCUT2D eigenvalue weighted by molar-refractivity contribution is 0.296. The lowest BCUT2D eigenvalue weighted by atomic mass is 9.95. The van der Waals surface area contributed by atoms with Gasteiger partial charge in [-0.3, -0.25) is 0 Å². The number of rotatable bonds is 8. The Morgan fingerprint density at radius 2 is 1.19 bits per heavy atom. The second-order valence-electron chi connectivity index (χ2n) is 16.1. The van der Waals surface area contributed by atoms with Crippen LogP contribution in [0.15, 0.2) is 0 Å². The van der Waals surface area contributed by atoms with Gasteiger partial charge in [0.05, 0.1) is 14.7 Å². The van der Waals surface area contributed by atoms with Crippen LogP contribution in [0, 0.1) is 59.2 Å². The maximum Gasteiger partial charge on any atom is 0.192 e. The minimum Gasteiger partial charge on any atom is -0.493 e. The summed E-state index contributed by atoms with van der Waals surface area (Å²) in [6.07, 6.45) is 12.3. The summed E-state index contributed by atoms with van der Waals surface area (Å²) < 4.78 is 12.7. The molecule has 3 rings (SSSR count). The van der Waals surface area contributed by atoms with Crippen molar-refractivity contribution in [1.29, 1.82) is 0 Å². The van der Waals surface area contributed by atoms with Gasteiger partial charge in [-0.2, -0.15) is 0 Å². The van der Waals surface area contributed by atoms with E-state index >= 15 is 0 Å². The van der Waals surface area contributed by atoms with Crippen molar-refractivity contribution in [3.8, 4) is 65.0 Å². The number of unbranched alkanes of at least 4 members (excludes halogenated alkanes) is 4. The molecule has 0 aromatic heterocycles. The number of ether oxygens (including phenoxy) is 1. The average molecular weight is 681 g/mol. The van der Waals surface area contributed by atoms with Crippen molar-refractivity contribution < 1.29 is 9.16 Å². The summed E-state index contributed by atoms with van der Waals surface area (Å²) in [7, 11) is -3.39. The Kier molecular flexibility index (Phi) is 16.7. The normalized spacial score (nSPS) is 13.2. The molecule has 0 bridgehead atoms. The third kappa shape index (κ3) is 12.0. The van der Waals surface area contributed by atoms with E-state index in [0.29, 0.717) is 5.04 Å². The molecule has 2 nitrogen and oxygen atoms in total. The van der Waals surface area contributed by atoms with Crippen LogP contribution in [0.2, 0.25) is 36.3 Å². The van der Waals surface area contributed by atoms with Gasteiger partial charge < -0.3 is 9.16 Å². The van der Waals surface area contributed by atoms with Crippen LogP contribution in [-0.2, 0) is 23.7 Å². The molecule has 1 aliphatic heterocycles. The Morgan fingerprint density at radius 3 is 1.71 bits per heavy atom. The van der Waals surface area contributed by atoms with Crippen molar-refractivity contribution in [3.05, 3.63) is 22.3 Å². The lowest BCUT2D eigenvalue weighted by Crippen LogP contribution is -2.51. The van der Waals surface area contributed by atoms with E-state index in [0.717, 1.165) is 71.0 Å². The summed E-state index contributed by atoms with van der Waals surface area (Å²) in [5.41, 5.74) is 5.84. The Balaban J connectivity index is 0.000000401. The van der Waals surface area contributed by atoms with Gasteiger partial charge in [-0.25, -0.2) is 0 Å². The zero-order valence-corrected chi connectivity index (χ0v) is 34.7. The van der Waals surface area contributed by atoms with Crippen LogP contribution < -0.4 is 9.92 Å². The van der Waals surface area contributed by atoms with Crippen LogP contribution in [0.5, 0.6) is 5.75 Å². The second kappa shape index (κ2) is 19.4. The molecule has 48 heavy (non-hydrogen) atoms. The molecule has 1 heterocycles. The highest BCUT2D eigenvalue weighted by molar-refractivity contribution is 6.93. The zero-order chi connectivity index (χ0) is 35.8. The fourth-order valence-corrected chi connectivity index (χ4v) is 9.00. The summed E-state index contributed by atoms with van der Waals surface area (Å²) in [6, 6.07) is 0. The molecule has 0 saturated carbocycles. The van der Waals surface area contributed by atoms with Crippen molar-refractivity contribution in [2.24, 2.45) is 0 Å². The molecular weight excluding hydrogens is 617 g/mol. The van der Waals surface area contributed by atoms with Gasteiger partial charge in [0.15, 0.2) is 8.32 Å². The predicted octanol–water partition coefficient (Wildman–Crippen LogP) is 10.4. The van der Waals surface area contributed by atoms with Crippen LogP contribution in [-0.4, -0.2) is 29.6 Å². The van der Waals surface area contributed by atoms with Crippen molar-refractivity contribution >= 4 is 21.6 Å². The fourth-order valence-electron chi connectivity index (χ4n) is 5.39. The highest BCUT2D eigenvalue weighted by Gasteiger charge is 2.44. The van der Waals surface area contributed by atoms with Gasteiger partial charge in [-0.05, 0) is 102 Å². The van der Waals surface area contributed by atoms with Gasteiger partial charge in [0.25, 0.3) is 0 Å². The molecule has 1 aliphatic carbocycles. The second-order valence-corrected chi connectivity index (χ2v) is 26.1. The van der Waals surface area contributed by atoms with Crippen molar-refractivity contribution in [2.75, 3.05) is 13.2 Å². The number of hydrogen-bond donors (Lipinski definition) is 0. The van der Waals surface area contributed by atoms with E-state index in [2.05, 4.69) is 141 Å². The summed E-state index contributed by atoms with van der Waals surface area (Å²) in [5.74, 6) is 31.7. The summed E-state index contributed by atoms with van der Waals surface area (Å²) in [5, 5.41) is 2.16. The van der Waals surface area contributed by atoms with Gasteiger partial charge >= 0.3 is 0 Å². The van der Waals surface area contributed by atoms with Crippen LogP contribution in [0.4, 0.5) is 0 Å². The van der Waals surface area contributed by atoms with Crippen LogP contribution in [0.3, 0.4) is 0 Å². The van der Waals surface area contributed by atoms with E-state index in [-0.39, 0.29) is 5.04 Å². The van der Waals surface area contributed by atoms with E-state index in [1.807, 2.05) is 0 Å². The van der Waals surface area contributed by atoms with Gasteiger partial charge in [0.1, 0.15) is 5.75 Å². The zero-order valence-electron chi connectivity index (χ0n) is 32.7. The predicted molar refractivity (Wildman–Crippen MR) is 214 cm³/mol. The third-order valence-electron chi connectivity index (χ3n) is 10.3. The first-order valence-corrected chi connectivity index (χ1v) is 24.4. The molecule has 4 heteroatoms. The van der Waals surface area contributed by atoms with Crippen molar-refractivity contribution in [1.82, 2.24) is 0 Å². The molecule has 1 aromatic rings. The smallest absolute Gasteiger partial charge is 0.192 e. The first-order valence-electron chi connectivity index (χ1n) is 18.5. The monoisotopic (exact) mass is 680 g/mol. The van der Waals surface area contributed by atoms with Gasteiger partial charge in [0, 0.05) is 56.3 Å². The maximum atomic E-state index is 6.34. The van der Waals surface area contributed by atoms with Crippen LogP contribution in [0.1, 0.15) is 135 Å². The SMILES string of the molecule is CC(C)(C)[Si](C)(C)OCCC#Cc1c2c(c([Si](C)(C)C(C)(C)C)c3c1CCO3)CCC2.CCCC#CC#CCCCC#CC#CCCC. The highest BCUT2D eigenvalue weighted by atomic mass is 28.4. The fraction of sp³-hybridized carbons (Fsp3) is 0.636. The molecule has 0 saturated heterocycles. The first-order chi connectivity index (χ1) is 22.6. The highest BCUT2D eigenvalue weighted by Crippen LogP contribution is 2.44. The number of hydrogen-bond acceptors (Lipinski definition) is 2. The van der Waals surface area contributed by atoms with Gasteiger partial charge in [-0.15, -0.1) is 0 Å². The Hall–Kier alpha value is -2.79. The largest absolute Gasteiger partial charge is 0.493 e. The molecule has 260 valence electrons. The molecule has 0 atom stereocenters. The number of fused-ring (bicyclic) bond motifs is 2. The standard InChI is InChI=1S/C27H44O2Si2.C17H20/c1-26(2,3)30(7,8)25-23-16-13-15-21(23)20(22-17-19-28-24(22)25)14-11-12-18-29-31(9,10)27(4,5)6;1-3-5-7-9-11-13-15-17-16-14-12-10-8-6-4-2/h12-13,15-19H2,1-10H3;3-6,15-17H2,1-2H3. The first kappa shape index (κ1) is 41.4. The quantitative estimate of drug-likeness (QED) is 0.155. The van der Waals surface area contributed by atoms with Crippen LogP contribution >= 0.6 is 0 Å². The summed E-state index contributed by atoms with van der Waals surface area (Å²) in [6.45, 7) is 29.6. The van der Waals surface area contributed by atoms with Crippen LogP contribution in [0.25, 0.3) is 0 Å². The molecule has 0 spiro atoms.